The van der Waals surface area contributed by atoms with E-state index in [0.717, 1.165) is 9.09 Å². The molecule has 0 fully saturated rings. The molecular weight excluding hydrogens is 382 g/mol. The van der Waals surface area contributed by atoms with Gasteiger partial charge in [-0.05, 0) is 52.4 Å². The SMILES string of the molecule is Fc1cccc(Cn2c(Cl)nc3ncc(I)cc32)n1. The van der Waals surface area contributed by atoms with E-state index in [1.165, 1.54) is 6.07 Å². The number of pyridine rings is 2. The molecule has 3 aromatic heterocycles. The summed E-state index contributed by atoms with van der Waals surface area (Å²) in [6.07, 6.45) is 1.72. The van der Waals surface area contributed by atoms with Gasteiger partial charge in [0.05, 0.1) is 17.8 Å². The van der Waals surface area contributed by atoms with Crippen LogP contribution in [0, 0.1) is 9.52 Å². The molecule has 19 heavy (non-hydrogen) atoms. The highest BCUT2D eigenvalue weighted by atomic mass is 127. The fourth-order valence-electron chi connectivity index (χ4n) is 1.80. The van der Waals surface area contributed by atoms with Crippen LogP contribution in [0.1, 0.15) is 5.69 Å². The van der Waals surface area contributed by atoms with Gasteiger partial charge in [0, 0.05) is 9.77 Å². The molecule has 0 aliphatic heterocycles. The Bertz CT molecular complexity index is 759. The highest BCUT2D eigenvalue weighted by molar-refractivity contribution is 14.1. The molecule has 0 spiro atoms. The van der Waals surface area contributed by atoms with E-state index >= 15 is 0 Å². The van der Waals surface area contributed by atoms with Crippen LogP contribution in [-0.4, -0.2) is 19.5 Å². The Morgan fingerprint density at radius 2 is 2.16 bits per heavy atom. The van der Waals surface area contributed by atoms with Crippen LogP contribution in [0.3, 0.4) is 0 Å². The summed E-state index contributed by atoms with van der Waals surface area (Å²) in [4.78, 5) is 12.2. The third kappa shape index (κ3) is 2.55. The summed E-state index contributed by atoms with van der Waals surface area (Å²) < 4.78 is 15.8. The predicted octanol–water partition coefficient (Wildman–Crippen LogP) is 3.27. The Balaban J connectivity index is 2.09. The first kappa shape index (κ1) is 12.7. The second kappa shape index (κ2) is 5.01. The van der Waals surface area contributed by atoms with E-state index in [1.807, 2.05) is 6.07 Å². The number of hydrogen-bond donors (Lipinski definition) is 0. The van der Waals surface area contributed by atoms with Crippen LogP contribution in [-0.2, 0) is 6.54 Å². The number of halogens is 3. The van der Waals surface area contributed by atoms with E-state index in [9.17, 15) is 4.39 Å². The van der Waals surface area contributed by atoms with Crippen LogP contribution in [0.5, 0.6) is 0 Å². The predicted molar refractivity (Wildman–Crippen MR) is 78.6 cm³/mol. The van der Waals surface area contributed by atoms with Gasteiger partial charge in [0.15, 0.2) is 5.65 Å². The molecule has 0 amide bonds. The number of fused-ring (bicyclic) bond motifs is 1. The highest BCUT2D eigenvalue weighted by Crippen LogP contribution is 2.21. The number of imidazole rings is 1. The molecule has 0 atom stereocenters. The maximum atomic E-state index is 13.1. The monoisotopic (exact) mass is 388 g/mol. The molecular formula is C12H7ClFIN4. The number of hydrogen-bond acceptors (Lipinski definition) is 3. The zero-order chi connectivity index (χ0) is 13.4. The average molecular weight is 389 g/mol. The lowest BCUT2D eigenvalue weighted by Crippen LogP contribution is -2.03. The van der Waals surface area contributed by atoms with Crippen LogP contribution in [0.2, 0.25) is 5.28 Å². The van der Waals surface area contributed by atoms with Crippen molar-refractivity contribution in [1.82, 2.24) is 19.5 Å². The van der Waals surface area contributed by atoms with Gasteiger partial charge in [-0.25, -0.2) is 9.97 Å². The fraction of sp³-hybridized carbons (Fsp3) is 0.0833. The van der Waals surface area contributed by atoms with Gasteiger partial charge in [-0.1, -0.05) is 6.07 Å². The average Bonchev–Trinajstić information content (AvgIpc) is 2.66. The molecule has 0 N–H and O–H groups in total. The van der Waals surface area contributed by atoms with E-state index < -0.39 is 5.95 Å². The fourth-order valence-corrected chi connectivity index (χ4v) is 2.47. The highest BCUT2D eigenvalue weighted by Gasteiger charge is 2.11. The van der Waals surface area contributed by atoms with Gasteiger partial charge in [0.1, 0.15) is 0 Å². The Morgan fingerprint density at radius 3 is 2.95 bits per heavy atom. The summed E-state index contributed by atoms with van der Waals surface area (Å²) in [5, 5.41) is 0.315. The van der Waals surface area contributed by atoms with Crippen molar-refractivity contribution in [2.24, 2.45) is 0 Å². The molecule has 7 heteroatoms. The topological polar surface area (TPSA) is 43.6 Å². The quantitative estimate of drug-likeness (QED) is 0.500. The first-order valence-corrected chi connectivity index (χ1v) is 6.88. The summed E-state index contributed by atoms with van der Waals surface area (Å²) in [7, 11) is 0. The number of aromatic nitrogens is 4. The van der Waals surface area contributed by atoms with E-state index in [-0.39, 0.29) is 0 Å². The molecule has 0 saturated heterocycles. The van der Waals surface area contributed by atoms with E-state index in [2.05, 4.69) is 37.5 Å². The van der Waals surface area contributed by atoms with Crippen molar-refractivity contribution >= 4 is 45.4 Å². The maximum absolute atomic E-state index is 13.1. The van der Waals surface area contributed by atoms with Crippen LogP contribution < -0.4 is 0 Å². The second-order valence-electron chi connectivity index (χ2n) is 3.91. The molecule has 96 valence electrons. The van der Waals surface area contributed by atoms with Crippen molar-refractivity contribution < 1.29 is 4.39 Å². The van der Waals surface area contributed by atoms with Gasteiger partial charge in [-0.2, -0.15) is 9.37 Å². The molecule has 0 unspecified atom stereocenters. The van der Waals surface area contributed by atoms with Crippen molar-refractivity contribution in [3.05, 3.63) is 51.0 Å². The summed E-state index contributed by atoms with van der Waals surface area (Å²) in [6.45, 7) is 0.356. The Morgan fingerprint density at radius 1 is 1.32 bits per heavy atom. The normalized spacial score (nSPS) is 11.1. The molecule has 0 aliphatic rings. The third-order valence-electron chi connectivity index (χ3n) is 2.62. The molecule has 0 bridgehead atoms. The van der Waals surface area contributed by atoms with Crippen molar-refractivity contribution in [3.8, 4) is 0 Å². The van der Waals surface area contributed by atoms with Gasteiger partial charge in [0.2, 0.25) is 11.2 Å². The van der Waals surface area contributed by atoms with Crippen LogP contribution >= 0.6 is 34.2 Å². The van der Waals surface area contributed by atoms with E-state index in [4.69, 9.17) is 11.6 Å². The molecule has 4 nitrogen and oxygen atoms in total. The smallest absolute Gasteiger partial charge is 0.213 e. The summed E-state index contributed by atoms with van der Waals surface area (Å²) >= 11 is 8.27. The minimum Gasteiger partial charge on any atom is -0.307 e. The van der Waals surface area contributed by atoms with Crippen LogP contribution in [0.25, 0.3) is 11.2 Å². The molecule has 0 aliphatic carbocycles. The number of rotatable bonds is 2. The summed E-state index contributed by atoms with van der Waals surface area (Å²) in [6, 6.07) is 6.60. The van der Waals surface area contributed by atoms with Crippen molar-refractivity contribution in [2.75, 3.05) is 0 Å². The standard InChI is InChI=1S/C12H7ClFIN4/c13-12-18-11-9(4-7(15)5-16-11)19(12)6-8-2-1-3-10(14)17-8/h1-5H,6H2. The molecule has 0 radical (unpaired) electrons. The van der Waals surface area contributed by atoms with Gasteiger partial charge < -0.3 is 4.57 Å². The van der Waals surface area contributed by atoms with Crippen molar-refractivity contribution in [3.63, 3.8) is 0 Å². The first-order valence-electron chi connectivity index (χ1n) is 5.42. The van der Waals surface area contributed by atoms with Gasteiger partial charge in [-0.15, -0.1) is 0 Å². The lowest BCUT2D eigenvalue weighted by atomic mass is 10.3. The minimum absolute atomic E-state index is 0.315. The Kier molecular flexibility index (Phi) is 3.36. The first-order chi connectivity index (χ1) is 9.13. The molecule has 3 rings (SSSR count). The van der Waals surface area contributed by atoms with Crippen molar-refractivity contribution in [2.45, 2.75) is 6.54 Å². The summed E-state index contributed by atoms with van der Waals surface area (Å²) in [5.74, 6) is -0.509. The van der Waals surface area contributed by atoms with E-state index in [0.29, 0.717) is 23.2 Å². The van der Waals surface area contributed by atoms with Gasteiger partial charge in [0.25, 0.3) is 0 Å². The van der Waals surface area contributed by atoms with Crippen molar-refractivity contribution in [1.29, 1.82) is 0 Å². The van der Waals surface area contributed by atoms with Gasteiger partial charge >= 0.3 is 0 Å². The second-order valence-corrected chi connectivity index (χ2v) is 5.50. The molecule has 3 aromatic rings. The largest absolute Gasteiger partial charge is 0.307 e. The van der Waals surface area contributed by atoms with E-state index in [1.54, 1.807) is 22.9 Å². The lowest BCUT2D eigenvalue weighted by molar-refractivity contribution is 0.573. The zero-order valence-electron chi connectivity index (χ0n) is 9.52. The van der Waals surface area contributed by atoms with Crippen LogP contribution in [0.15, 0.2) is 30.5 Å². The summed E-state index contributed by atoms with van der Waals surface area (Å²) in [5.41, 5.74) is 1.96. The molecule has 3 heterocycles. The van der Waals surface area contributed by atoms with Gasteiger partial charge in [-0.3, -0.25) is 0 Å². The number of nitrogens with zero attached hydrogens (tertiary/aromatic N) is 4. The lowest BCUT2D eigenvalue weighted by Gasteiger charge is -2.05. The maximum Gasteiger partial charge on any atom is 0.213 e. The zero-order valence-corrected chi connectivity index (χ0v) is 12.4. The van der Waals surface area contributed by atoms with Crippen LogP contribution in [0.4, 0.5) is 4.39 Å². The Labute approximate surface area is 126 Å². The molecule has 0 saturated carbocycles. The molecule has 0 aromatic carbocycles. The Hall–Kier alpha value is -1.28. The minimum atomic E-state index is -0.509. The third-order valence-corrected chi connectivity index (χ3v) is 3.50.